The molecule has 0 saturated heterocycles. The molecule has 0 atom stereocenters. The number of benzene rings is 1. The highest BCUT2D eigenvalue weighted by Crippen LogP contribution is 2.18. The van der Waals surface area contributed by atoms with Gasteiger partial charge in [0.25, 0.3) is 5.91 Å². The largest absolute Gasteiger partial charge is 0.342 e. The predicted molar refractivity (Wildman–Crippen MR) is 66.1 cm³/mol. The van der Waals surface area contributed by atoms with Gasteiger partial charge in [0.2, 0.25) is 0 Å². The van der Waals surface area contributed by atoms with Crippen LogP contribution in [0.5, 0.6) is 0 Å². The van der Waals surface area contributed by atoms with Crippen LogP contribution in [0.3, 0.4) is 0 Å². The summed E-state index contributed by atoms with van der Waals surface area (Å²) in [5, 5.41) is 0. The maximum absolute atomic E-state index is 11.9. The van der Waals surface area contributed by atoms with Crippen molar-refractivity contribution >= 4 is 21.8 Å². The minimum absolute atomic E-state index is 0.0811. The molecule has 1 aromatic rings. The van der Waals surface area contributed by atoms with Crippen LogP contribution in [-0.4, -0.2) is 24.4 Å². The summed E-state index contributed by atoms with van der Waals surface area (Å²) in [6.07, 6.45) is 0.981. The predicted octanol–water partition coefficient (Wildman–Crippen LogP) is 3.24. The number of nitrogens with zero attached hydrogens (tertiary/aromatic N) is 1. The molecule has 0 saturated carbocycles. The number of hydrogen-bond donors (Lipinski definition) is 0. The van der Waals surface area contributed by atoms with Crippen molar-refractivity contribution < 1.29 is 4.79 Å². The Morgan fingerprint density at radius 1 is 1.47 bits per heavy atom. The maximum Gasteiger partial charge on any atom is 0.253 e. The summed E-state index contributed by atoms with van der Waals surface area (Å²) in [7, 11) is 1.83. The van der Waals surface area contributed by atoms with Crippen LogP contribution in [0.2, 0.25) is 0 Å². The molecule has 82 valence electrons. The monoisotopic (exact) mass is 269 g/mol. The first-order valence-corrected chi connectivity index (χ1v) is 5.87. The SMILES string of the molecule is CCCN(C)C(=O)c1ccc(C)c(Br)c1. The van der Waals surface area contributed by atoms with Crippen LogP contribution in [0.15, 0.2) is 22.7 Å². The molecular weight excluding hydrogens is 254 g/mol. The minimum atomic E-state index is 0.0811. The fourth-order valence-electron chi connectivity index (χ4n) is 1.38. The Labute approximate surface area is 99.4 Å². The average molecular weight is 270 g/mol. The number of halogens is 1. The van der Waals surface area contributed by atoms with E-state index in [2.05, 4.69) is 22.9 Å². The van der Waals surface area contributed by atoms with Gasteiger partial charge in [-0.15, -0.1) is 0 Å². The second-order valence-corrected chi connectivity index (χ2v) is 4.55. The molecule has 1 amide bonds. The van der Waals surface area contributed by atoms with Crippen molar-refractivity contribution in [2.24, 2.45) is 0 Å². The van der Waals surface area contributed by atoms with Crippen molar-refractivity contribution in [3.05, 3.63) is 33.8 Å². The van der Waals surface area contributed by atoms with Gasteiger partial charge in [0.15, 0.2) is 0 Å². The van der Waals surface area contributed by atoms with Gasteiger partial charge in [-0.05, 0) is 31.0 Å². The quantitative estimate of drug-likeness (QED) is 0.825. The number of rotatable bonds is 3. The van der Waals surface area contributed by atoms with Crippen molar-refractivity contribution in [3.63, 3.8) is 0 Å². The maximum atomic E-state index is 11.9. The second-order valence-electron chi connectivity index (χ2n) is 3.69. The molecule has 1 rings (SSSR count). The summed E-state index contributed by atoms with van der Waals surface area (Å²) in [4.78, 5) is 13.7. The highest BCUT2D eigenvalue weighted by molar-refractivity contribution is 9.10. The number of aryl methyl sites for hydroxylation is 1. The van der Waals surface area contributed by atoms with E-state index in [4.69, 9.17) is 0 Å². The zero-order valence-electron chi connectivity index (χ0n) is 9.38. The Balaban J connectivity index is 2.87. The zero-order chi connectivity index (χ0) is 11.4. The summed E-state index contributed by atoms with van der Waals surface area (Å²) in [5.41, 5.74) is 1.88. The molecule has 2 nitrogen and oxygen atoms in total. The molecule has 0 radical (unpaired) electrons. The number of carbonyl (C=O) groups is 1. The Kier molecular flexibility index (Phi) is 4.33. The van der Waals surface area contributed by atoms with E-state index in [9.17, 15) is 4.79 Å². The molecule has 1 aromatic carbocycles. The van der Waals surface area contributed by atoms with Gasteiger partial charge < -0.3 is 4.90 Å². The van der Waals surface area contributed by atoms with Crippen LogP contribution in [0.1, 0.15) is 29.3 Å². The normalized spacial score (nSPS) is 10.1. The minimum Gasteiger partial charge on any atom is -0.342 e. The lowest BCUT2D eigenvalue weighted by Gasteiger charge is -2.16. The van der Waals surface area contributed by atoms with Gasteiger partial charge in [0.05, 0.1) is 0 Å². The second kappa shape index (κ2) is 5.31. The molecule has 0 aromatic heterocycles. The molecule has 0 N–H and O–H groups in total. The molecule has 15 heavy (non-hydrogen) atoms. The molecule has 0 spiro atoms. The summed E-state index contributed by atoms with van der Waals surface area (Å²) in [5.74, 6) is 0.0811. The van der Waals surface area contributed by atoms with E-state index in [0.29, 0.717) is 0 Å². The Morgan fingerprint density at radius 2 is 2.13 bits per heavy atom. The molecule has 0 fully saturated rings. The first-order chi connectivity index (χ1) is 7.06. The van der Waals surface area contributed by atoms with Crippen LogP contribution in [0, 0.1) is 6.92 Å². The lowest BCUT2D eigenvalue weighted by Crippen LogP contribution is -2.27. The van der Waals surface area contributed by atoms with Crippen molar-refractivity contribution in [1.29, 1.82) is 0 Å². The van der Waals surface area contributed by atoms with Gasteiger partial charge in [-0.2, -0.15) is 0 Å². The molecule has 0 aliphatic heterocycles. The first-order valence-electron chi connectivity index (χ1n) is 5.08. The van der Waals surface area contributed by atoms with Crippen molar-refractivity contribution in [1.82, 2.24) is 4.90 Å². The Bertz CT molecular complexity index is 363. The highest BCUT2D eigenvalue weighted by Gasteiger charge is 2.11. The van der Waals surface area contributed by atoms with Gasteiger partial charge in [-0.3, -0.25) is 4.79 Å². The number of hydrogen-bond acceptors (Lipinski definition) is 1. The van der Waals surface area contributed by atoms with Gasteiger partial charge in [-0.1, -0.05) is 28.9 Å². The number of amides is 1. The standard InChI is InChI=1S/C12H16BrNO/c1-4-7-14(3)12(15)10-6-5-9(2)11(13)8-10/h5-6,8H,4,7H2,1-3H3. The fourth-order valence-corrected chi connectivity index (χ4v) is 1.76. The van der Waals surface area contributed by atoms with Crippen LogP contribution in [-0.2, 0) is 0 Å². The third-order valence-electron chi connectivity index (χ3n) is 2.32. The van der Waals surface area contributed by atoms with Gasteiger partial charge >= 0.3 is 0 Å². The third kappa shape index (κ3) is 3.06. The van der Waals surface area contributed by atoms with Gasteiger partial charge in [0.1, 0.15) is 0 Å². The van der Waals surface area contributed by atoms with E-state index in [1.807, 2.05) is 32.2 Å². The third-order valence-corrected chi connectivity index (χ3v) is 3.18. The van der Waals surface area contributed by atoms with E-state index < -0.39 is 0 Å². The van der Waals surface area contributed by atoms with E-state index in [0.717, 1.165) is 28.6 Å². The summed E-state index contributed by atoms with van der Waals surface area (Å²) in [6.45, 7) is 4.87. The molecule has 0 aliphatic carbocycles. The fraction of sp³-hybridized carbons (Fsp3) is 0.417. The van der Waals surface area contributed by atoms with Crippen LogP contribution < -0.4 is 0 Å². The molecule has 3 heteroatoms. The first kappa shape index (κ1) is 12.2. The molecular formula is C12H16BrNO. The van der Waals surface area contributed by atoms with E-state index in [1.54, 1.807) is 4.90 Å². The van der Waals surface area contributed by atoms with Crippen molar-refractivity contribution in [2.45, 2.75) is 20.3 Å². The van der Waals surface area contributed by atoms with E-state index >= 15 is 0 Å². The Morgan fingerprint density at radius 3 is 2.67 bits per heavy atom. The summed E-state index contributed by atoms with van der Waals surface area (Å²) >= 11 is 3.43. The van der Waals surface area contributed by atoms with Crippen LogP contribution >= 0.6 is 15.9 Å². The van der Waals surface area contributed by atoms with E-state index in [1.165, 1.54) is 0 Å². The summed E-state index contributed by atoms with van der Waals surface area (Å²) < 4.78 is 0.984. The molecule has 0 bridgehead atoms. The van der Waals surface area contributed by atoms with Crippen LogP contribution in [0.25, 0.3) is 0 Å². The van der Waals surface area contributed by atoms with Crippen molar-refractivity contribution in [2.75, 3.05) is 13.6 Å². The van der Waals surface area contributed by atoms with Gasteiger partial charge in [-0.25, -0.2) is 0 Å². The molecule has 0 heterocycles. The highest BCUT2D eigenvalue weighted by atomic mass is 79.9. The lowest BCUT2D eigenvalue weighted by molar-refractivity contribution is 0.0795. The lowest BCUT2D eigenvalue weighted by atomic mass is 10.1. The number of carbonyl (C=O) groups excluding carboxylic acids is 1. The van der Waals surface area contributed by atoms with Crippen molar-refractivity contribution in [3.8, 4) is 0 Å². The topological polar surface area (TPSA) is 20.3 Å². The zero-order valence-corrected chi connectivity index (χ0v) is 11.0. The van der Waals surface area contributed by atoms with E-state index in [-0.39, 0.29) is 5.91 Å². The average Bonchev–Trinajstić information content (AvgIpc) is 2.21. The summed E-state index contributed by atoms with van der Waals surface area (Å²) in [6, 6.07) is 5.70. The Hall–Kier alpha value is -0.830. The smallest absolute Gasteiger partial charge is 0.253 e. The van der Waals surface area contributed by atoms with Crippen LogP contribution in [0.4, 0.5) is 0 Å². The molecule has 0 aliphatic rings. The van der Waals surface area contributed by atoms with Gasteiger partial charge in [0, 0.05) is 23.6 Å². The molecule has 0 unspecified atom stereocenters.